The molecule has 130 valence electrons. The van der Waals surface area contributed by atoms with Crippen molar-refractivity contribution in [2.24, 2.45) is 0 Å². The fraction of sp³-hybridized carbons (Fsp3) is 0.429. The molecule has 2 aliphatic rings. The minimum Gasteiger partial charge on any atom is -0.354 e. The molecule has 2 fully saturated rings. The molecule has 3 N–H and O–H groups in total. The van der Waals surface area contributed by atoms with Crippen molar-refractivity contribution in [1.82, 2.24) is 14.9 Å². The molecule has 0 aromatic heterocycles. The van der Waals surface area contributed by atoms with Gasteiger partial charge < -0.3 is 10.6 Å². The number of carbonyl (C=O) groups excluding carboxylic acids is 2. The largest absolute Gasteiger partial charge is 0.354 e. The number of amides is 2. The van der Waals surface area contributed by atoms with Gasteiger partial charge in [-0.3, -0.25) is 14.9 Å². The van der Waals surface area contributed by atoms with E-state index in [1.54, 1.807) is 23.9 Å². The third-order valence-corrected chi connectivity index (χ3v) is 6.56. The molecule has 0 saturated carbocycles. The fourth-order valence-corrected chi connectivity index (χ4v) is 4.88. The Bertz CT molecular complexity index is 747. The first-order chi connectivity index (χ1) is 11.5. The number of hydrogen-bond donors (Lipinski definition) is 3. The third kappa shape index (κ3) is 3.72. The smallest absolute Gasteiger partial charge is 0.243 e. The number of piperazine rings is 1. The summed E-state index contributed by atoms with van der Waals surface area (Å²) in [5.41, 5.74) is 0.418. The first kappa shape index (κ1) is 17.2. The van der Waals surface area contributed by atoms with Crippen LogP contribution < -0.4 is 16.0 Å². The van der Waals surface area contributed by atoms with Gasteiger partial charge in [0.15, 0.2) is 0 Å². The Hall–Kier alpha value is -1.62. The van der Waals surface area contributed by atoms with E-state index in [2.05, 4.69) is 16.0 Å². The zero-order valence-electron chi connectivity index (χ0n) is 12.8. The normalized spacial score (nSPS) is 22.2. The Balaban J connectivity index is 1.76. The standard InChI is InChI=1S/C14H18N4O4S2/c19-13-7-18(5-4-15-13)24(21,22)11-3-1-2-10(6-11)17-14(20)12-8-23-9-16-12/h1-3,6,12,16H,4-5,7-9H2,(H,15,19)(H,17,20). The summed E-state index contributed by atoms with van der Waals surface area (Å²) in [4.78, 5) is 23.6. The van der Waals surface area contributed by atoms with Crippen LogP contribution in [0.2, 0.25) is 0 Å². The predicted octanol–water partition coefficient (Wildman–Crippen LogP) is -0.592. The molecule has 10 heteroatoms. The highest BCUT2D eigenvalue weighted by Gasteiger charge is 2.29. The Morgan fingerprint density at radius 1 is 1.38 bits per heavy atom. The minimum absolute atomic E-state index is 0.0590. The van der Waals surface area contributed by atoms with E-state index in [0.717, 1.165) is 10.2 Å². The highest BCUT2D eigenvalue weighted by Crippen LogP contribution is 2.21. The van der Waals surface area contributed by atoms with E-state index in [4.69, 9.17) is 0 Å². The van der Waals surface area contributed by atoms with Crippen LogP contribution in [0.25, 0.3) is 0 Å². The maximum Gasteiger partial charge on any atom is 0.243 e. The van der Waals surface area contributed by atoms with Gasteiger partial charge in [-0.25, -0.2) is 8.42 Å². The SMILES string of the molecule is O=C1CN(S(=O)(=O)c2cccc(NC(=O)C3CSCN3)c2)CCN1. The van der Waals surface area contributed by atoms with Crippen molar-refractivity contribution >= 4 is 39.3 Å². The molecule has 0 radical (unpaired) electrons. The van der Waals surface area contributed by atoms with Gasteiger partial charge in [0.1, 0.15) is 0 Å². The predicted molar refractivity (Wildman–Crippen MR) is 91.1 cm³/mol. The Morgan fingerprint density at radius 3 is 2.92 bits per heavy atom. The van der Waals surface area contributed by atoms with Gasteiger partial charge in [0.2, 0.25) is 21.8 Å². The van der Waals surface area contributed by atoms with Gasteiger partial charge in [-0.1, -0.05) is 6.07 Å². The summed E-state index contributed by atoms with van der Waals surface area (Å²) < 4.78 is 26.4. The van der Waals surface area contributed by atoms with Crippen molar-refractivity contribution in [3.8, 4) is 0 Å². The van der Waals surface area contributed by atoms with Gasteiger partial charge in [0, 0.05) is 30.4 Å². The van der Waals surface area contributed by atoms with Crippen molar-refractivity contribution in [3.63, 3.8) is 0 Å². The number of rotatable bonds is 4. The summed E-state index contributed by atoms with van der Waals surface area (Å²) in [6.45, 7) is 0.329. The van der Waals surface area contributed by atoms with Crippen LogP contribution in [0.4, 0.5) is 5.69 Å². The highest BCUT2D eigenvalue weighted by molar-refractivity contribution is 7.99. The van der Waals surface area contributed by atoms with Crippen molar-refractivity contribution in [2.45, 2.75) is 10.9 Å². The molecular weight excluding hydrogens is 352 g/mol. The maximum atomic E-state index is 12.6. The van der Waals surface area contributed by atoms with E-state index < -0.39 is 10.0 Å². The minimum atomic E-state index is -3.77. The Kier molecular flexibility index (Phi) is 5.09. The molecule has 2 amide bonds. The summed E-state index contributed by atoms with van der Waals surface area (Å²) in [5, 5.41) is 8.38. The summed E-state index contributed by atoms with van der Waals surface area (Å²) in [6, 6.07) is 5.81. The molecule has 0 bridgehead atoms. The molecule has 1 atom stereocenters. The van der Waals surface area contributed by atoms with E-state index in [0.29, 0.717) is 18.0 Å². The second-order valence-electron chi connectivity index (χ2n) is 5.48. The monoisotopic (exact) mass is 370 g/mol. The second-order valence-corrected chi connectivity index (χ2v) is 8.45. The fourth-order valence-electron chi connectivity index (χ4n) is 2.50. The number of sulfonamides is 1. The van der Waals surface area contributed by atoms with Gasteiger partial charge in [-0.05, 0) is 18.2 Å². The molecule has 8 nitrogen and oxygen atoms in total. The third-order valence-electron chi connectivity index (χ3n) is 3.78. The summed E-state index contributed by atoms with van der Waals surface area (Å²) in [5.74, 6) is 0.905. The number of carbonyl (C=O) groups is 2. The van der Waals surface area contributed by atoms with Crippen LogP contribution in [0.3, 0.4) is 0 Å². The van der Waals surface area contributed by atoms with Crippen LogP contribution in [0.1, 0.15) is 0 Å². The lowest BCUT2D eigenvalue weighted by Gasteiger charge is -2.26. The van der Waals surface area contributed by atoms with Crippen LogP contribution in [0.5, 0.6) is 0 Å². The summed E-state index contributed by atoms with van der Waals surface area (Å²) in [6.07, 6.45) is 0. The van der Waals surface area contributed by atoms with Crippen LogP contribution in [0, 0.1) is 0 Å². The van der Waals surface area contributed by atoms with Gasteiger partial charge >= 0.3 is 0 Å². The molecule has 3 rings (SSSR count). The topological polar surface area (TPSA) is 108 Å². The number of thioether (sulfide) groups is 1. The summed E-state index contributed by atoms with van der Waals surface area (Å²) >= 11 is 1.64. The van der Waals surface area contributed by atoms with Gasteiger partial charge in [0.25, 0.3) is 0 Å². The lowest BCUT2D eigenvalue weighted by atomic mass is 10.2. The molecule has 0 aliphatic carbocycles. The second kappa shape index (κ2) is 7.09. The van der Waals surface area contributed by atoms with Gasteiger partial charge in [-0.2, -0.15) is 4.31 Å². The highest BCUT2D eigenvalue weighted by atomic mass is 32.2. The summed E-state index contributed by atoms with van der Waals surface area (Å²) in [7, 11) is -3.77. The van der Waals surface area contributed by atoms with Crippen molar-refractivity contribution in [1.29, 1.82) is 0 Å². The van der Waals surface area contributed by atoms with Crippen molar-refractivity contribution in [3.05, 3.63) is 24.3 Å². The van der Waals surface area contributed by atoms with Crippen LogP contribution in [0.15, 0.2) is 29.2 Å². The number of nitrogens with zero attached hydrogens (tertiary/aromatic N) is 1. The molecule has 1 aromatic rings. The van der Waals surface area contributed by atoms with Crippen LogP contribution in [-0.4, -0.2) is 61.8 Å². The Labute approximate surface area is 144 Å². The van der Waals surface area contributed by atoms with E-state index in [9.17, 15) is 18.0 Å². The van der Waals surface area contributed by atoms with Crippen molar-refractivity contribution in [2.75, 3.05) is 36.6 Å². The van der Waals surface area contributed by atoms with Crippen LogP contribution in [-0.2, 0) is 19.6 Å². The molecule has 1 aromatic carbocycles. The zero-order valence-corrected chi connectivity index (χ0v) is 14.5. The number of nitrogens with one attached hydrogen (secondary N) is 3. The average molecular weight is 370 g/mol. The molecule has 2 heterocycles. The average Bonchev–Trinajstić information content (AvgIpc) is 3.10. The van der Waals surface area contributed by atoms with Crippen LogP contribution >= 0.6 is 11.8 Å². The van der Waals surface area contributed by atoms with Crippen molar-refractivity contribution < 1.29 is 18.0 Å². The molecule has 24 heavy (non-hydrogen) atoms. The zero-order chi connectivity index (χ0) is 17.2. The van der Waals surface area contributed by atoms with Gasteiger partial charge in [-0.15, -0.1) is 11.8 Å². The van der Waals surface area contributed by atoms with E-state index in [1.165, 1.54) is 12.1 Å². The number of benzene rings is 1. The lowest BCUT2D eigenvalue weighted by molar-refractivity contribution is -0.122. The molecule has 2 aliphatic heterocycles. The molecule has 0 spiro atoms. The number of hydrogen-bond acceptors (Lipinski definition) is 6. The molecule has 1 unspecified atom stereocenters. The van der Waals surface area contributed by atoms with Gasteiger partial charge in [0.05, 0.1) is 17.5 Å². The molecular formula is C14H18N4O4S2. The van der Waals surface area contributed by atoms with E-state index in [1.807, 2.05) is 0 Å². The number of anilines is 1. The quantitative estimate of drug-likeness (QED) is 0.654. The maximum absolute atomic E-state index is 12.6. The Morgan fingerprint density at radius 2 is 2.21 bits per heavy atom. The van der Waals surface area contributed by atoms with E-state index >= 15 is 0 Å². The van der Waals surface area contributed by atoms with E-state index in [-0.39, 0.29) is 35.8 Å². The molecule has 2 saturated heterocycles. The first-order valence-corrected chi connectivity index (χ1v) is 10.1. The lowest BCUT2D eigenvalue weighted by Crippen LogP contribution is -2.49. The first-order valence-electron chi connectivity index (χ1n) is 7.46.